The molecule has 1 heterocycles. The van der Waals surface area contributed by atoms with Crippen LogP contribution < -0.4 is 5.32 Å². The monoisotopic (exact) mass is 276 g/mol. The Kier molecular flexibility index (Phi) is 4.08. The average molecular weight is 276 g/mol. The van der Waals surface area contributed by atoms with Crippen LogP contribution in [0.1, 0.15) is 42.9 Å². The molecule has 2 fully saturated rings. The van der Waals surface area contributed by atoms with Crippen molar-refractivity contribution >= 4 is 0 Å². The van der Waals surface area contributed by atoms with Gasteiger partial charge >= 0.3 is 0 Å². The maximum Gasteiger partial charge on any atom is 0.126 e. The first kappa shape index (κ1) is 14.0. The third-order valence-electron chi connectivity index (χ3n) is 5.17. The van der Waals surface area contributed by atoms with E-state index in [2.05, 4.69) is 16.3 Å². The topological polar surface area (TPSA) is 15.3 Å². The fourth-order valence-electron chi connectivity index (χ4n) is 3.90. The molecule has 3 heteroatoms. The summed E-state index contributed by atoms with van der Waals surface area (Å²) in [5.41, 5.74) is 1.79. The van der Waals surface area contributed by atoms with Crippen LogP contribution in [-0.2, 0) is 0 Å². The van der Waals surface area contributed by atoms with Gasteiger partial charge < -0.3 is 10.2 Å². The van der Waals surface area contributed by atoms with Crippen LogP contribution in [0, 0.1) is 18.7 Å². The van der Waals surface area contributed by atoms with Crippen molar-refractivity contribution < 1.29 is 4.39 Å². The Hall–Kier alpha value is -0.930. The highest BCUT2D eigenvalue weighted by Gasteiger charge is 2.37. The first-order chi connectivity index (χ1) is 9.67. The summed E-state index contributed by atoms with van der Waals surface area (Å²) in [6, 6.07) is 6.70. The van der Waals surface area contributed by atoms with Crippen molar-refractivity contribution in [2.24, 2.45) is 5.92 Å². The lowest BCUT2D eigenvalue weighted by Crippen LogP contribution is -2.34. The molecule has 0 amide bonds. The summed E-state index contributed by atoms with van der Waals surface area (Å²) in [5.74, 6) is 0.854. The van der Waals surface area contributed by atoms with Gasteiger partial charge in [0.1, 0.15) is 5.82 Å². The molecule has 2 bridgehead atoms. The molecule has 110 valence electrons. The fourth-order valence-corrected chi connectivity index (χ4v) is 3.90. The Morgan fingerprint density at radius 1 is 1.40 bits per heavy atom. The van der Waals surface area contributed by atoms with Gasteiger partial charge in [0, 0.05) is 25.2 Å². The lowest BCUT2D eigenvalue weighted by Gasteiger charge is -2.28. The predicted octanol–water partition coefficient (Wildman–Crippen LogP) is 3.27. The molecule has 1 aromatic carbocycles. The number of likely N-dealkylation sites (tertiary alicyclic amines) is 1. The van der Waals surface area contributed by atoms with Crippen molar-refractivity contribution in [3.05, 3.63) is 35.1 Å². The lowest BCUT2D eigenvalue weighted by atomic mass is 10.0. The normalized spacial score (nSPS) is 27.1. The summed E-state index contributed by atoms with van der Waals surface area (Å²) in [6.45, 7) is 4.22. The summed E-state index contributed by atoms with van der Waals surface area (Å²) in [4.78, 5) is 2.64. The van der Waals surface area contributed by atoms with E-state index in [0.29, 0.717) is 0 Å². The predicted molar refractivity (Wildman–Crippen MR) is 80.3 cm³/mol. The van der Waals surface area contributed by atoms with Crippen LogP contribution in [0.15, 0.2) is 18.2 Å². The number of piperidine rings is 1. The number of fused-ring (bicyclic) bond motifs is 2. The van der Waals surface area contributed by atoms with Gasteiger partial charge in [0.15, 0.2) is 0 Å². The standard InChI is InChI=1S/C17H25FN2/c1-12-3-5-14(10-16(12)18)17(19-2)7-8-20-11-13-4-6-15(20)9-13/h3,5,10,13,15,17,19H,4,6-9,11H2,1-2H3. The number of aryl methyl sites for hydroxylation is 1. The van der Waals surface area contributed by atoms with Crippen LogP contribution in [0.5, 0.6) is 0 Å². The zero-order valence-electron chi connectivity index (χ0n) is 12.5. The molecule has 1 saturated heterocycles. The van der Waals surface area contributed by atoms with E-state index < -0.39 is 0 Å². The summed E-state index contributed by atoms with van der Waals surface area (Å²) < 4.78 is 13.7. The van der Waals surface area contributed by atoms with Crippen LogP contribution in [0.3, 0.4) is 0 Å². The lowest BCUT2D eigenvalue weighted by molar-refractivity contribution is 0.203. The van der Waals surface area contributed by atoms with Crippen LogP contribution >= 0.6 is 0 Å². The molecule has 20 heavy (non-hydrogen) atoms. The van der Waals surface area contributed by atoms with E-state index in [-0.39, 0.29) is 11.9 Å². The number of benzene rings is 1. The summed E-state index contributed by atoms with van der Waals surface area (Å²) in [6.07, 6.45) is 5.28. The van der Waals surface area contributed by atoms with Gasteiger partial charge in [-0.15, -0.1) is 0 Å². The first-order valence-electron chi connectivity index (χ1n) is 7.84. The van der Waals surface area contributed by atoms with Crippen LogP contribution in [0.4, 0.5) is 4.39 Å². The molecule has 2 aliphatic rings. The average Bonchev–Trinajstić information content (AvgIpc) is 3.05. The van der Waals surface area contributed by atoms with Gasteiger partial charge in [-0.2, -0.15) is 0 Å². The van der Waals surface area contributed by atoms with Crippen molar-refractivity contribution in [1.82, 2.24) is 10.2 Å². The van der Waals surface area contributed by atoms with Crippen molar-refractivity contribution in [3.63, 3.8) is 0 Å². The number of hydrogen-bond acceptors (Lipinski definition) is 2. The third-order valence-corrected chi connectivity index (χ3v) is 5.17. The molecule has 0 spiro atoms. The third kappa shape index (κ3) is 2.75. The molecule has 1 aromatic rings. The highest BCUT2D eigenvalue weighted by Crippen LogP contribution is 2.37. The van der Waals surface area contributed by atoms with Crippen LogP contribution in [0.25, 0.3) is 0 Å². The van der Waals surface area contributed by atoms with E-state index in [1.165, 1.54) is 25.8 Å². The zero-order chi connectivity index (χ0) is 14.1. The first-order valence-corrected chi connectivity index (χ1v) is 7.84. The summed E-state index contributed by atoms with van der Waals surface area (Å²) in [7, 11) is 1.97. The molecule has 1 aliphatic heterocycles. The molecule has 1 saturated carbocycles. The molecule has 1 N–H and O–H groups in total. The number of hydrogen-bond donors (Lipinski definition) is 1. The molecule has 0 aromatic heterocycles. The summed E-state index contributed by atoms with van der Waals surface area (Å²) in [5, 5.41) is 3.34. The maximum absolute atomic E-state index is 13.7. The van der Waals surface area contributed by atoms with Crippen LogP contribution in [-0.4, -0.2) is 31.1 Å². The Labute approximate surface area is 121 Å². The molecular weight excluding hydrogens is 251 g/mol. The Morgan fingerprint density at radius 2 is 2.25 bits per heavy atom. The van der Waals surface area contributed by atoms with E-state index in [9.17, 15) is 4.39 Å². The van der Waals surface area contributed by atoms with E-state index >= 15 is 0 Å². The molecule has 0 radical (unpaired) electrons. The SMILES string of the molecule is CNC(CCN1CC2CCC1C2)c1ccc(C)c(F)c1. The van der Waals surface area contributed by atoms with E-state index in [1.54, 1.807) is 6.07 Å². The number of rotatable bonds is 5. The van der Waals surface area contributed by atoms with E-state index in [4.69, 9.17) is 0 Å². The number of halogens is 1. The van der Waals surface area contributed by atoms with Gasteiger partial charge in [-0.1, -0.05) is 12.1 Å². The molecule has 1 aliphatic carbocycles. The van der Waals surface area contributed by atoms with Crippen molar-refractivity contribution in [3.8, 4) is 0 Å². The minimum atomic E-state index is -0.0945. The molecule has 3 rings (SSSR count). The molecular formula is C17H25FN2. The van der Waals surface area contributed by atoms with Crippen LogP contribution in [0.2, 0.25) is 0 Å². The second-order valence-electron chi connectivity index (χ2n) is 6.47. The van der Waals surface area contributed by atoms with Gasteiger partial charge in [0.25, 0.3) is 0 Å². The number of nitrogens with zero attached hydrogens (tertiary/aromatic N) is 1. The quantitative estimate of drug-likeness (QED) is 0.888. The summed E-state index contributed by atoms with van der Waals surface area (Å²) >= 11 is 0. The second-order valence-corrected chi connectivity index (χ2v) is 6.47. The van der Waals surface area contributed by atoms with Gasteiger partial charge in [0.05, 0.1) is 0 Å². The van der Waals surface area contributed by atoms with E-state index in [1.807, 2.05) is 20.0 Å². The smallest absolute Gasteiger partial charge is 0.126 e. The Balaban J connectivity index is 1.60. The van der Waals surface area contributed by atoms with Gasteiger partial charge in [-0.25, -0.2) is 4.39 Å². The molecule has 3 atom stereocenters. The van der Waals surface area contributed by atoms with Gasteiger partial charge in [0.2, 0.25) is 0 Å². The van der Waals surface area contributed by atoms with Crippen molar-refractivity contribution in [2.45, 2.75) is 44.7 Å². The van der Waals surface area contributed by atoms with Crippen molar-refractivity contribution in [2.75, 3.05) is 20.1 Å². The molecule has 3 unspecified atom stereocenters. The van der Waals surface area contributed by atoms with Gasteiger partial charge in [-0.3, -0.25) is 0 Å². The minimum absolute atomic E-state index is 0.0945. The zero-order valence-corrected chi connectivity index (χ0v) is 12.5. The minimum Gasteiger partial charge on any atom is -0.313 e. The maximum atomic E-state index is 13.7. The van der Waals surface area contributed by atoms with Crippen molar-refractivity contribution in [1.29, 1.82) is 0 Å². The Bertz CT molecular complexity index is 474. The molecule has 2 nitrogen and oxygen atoms in total. The second kappa shape index (κ2) is 5.82. The number of nitrogens with one attached hydrogen (secondary N) is 1. The highest BCUT2D eigenvalue weighted by atomic mass is 19.1. The highest BCUT2D eigenvalue weighted by molar-refractivity contribution is 5.25. The Morgan fingerprint density at radius 3 is 2.85 bits per heavy atom. The largest absolute Gasteiger partial charge is 0.313 e. The fraction of sp³-hybridized carbons (Fsp3) is 0.647. The van der Waals surface area contributed by atoms with E-state index in [0.717, 1.165) is 36.1 Å². The van der Waals surface area contributed by atoms with Gasteiger partial charge in [-0.05, 0) is 62.8 Å².